The molecule has 31 heavy (non-hydrogen) atoms. The minimum Gasteiger partial charge on any atom is -0.465 e. The number of hydrogen-bond donors (Lipinski definition) is 0. The van der Waals surface area contributed by atoms with Crippen molar-refractivity contribution in [1.29, 1.82) is 0 Å². The molecule has 0 amide bonds. The number of benzene rings is 2. The summed E-state index contributed by atoms with van der Waals surface area (Å²) in [6.45, 7) is 13.0. The van der Waals surface area contributed by atoms with Crippen LogP contribution in [0.4, 0.5) is 0 Å². The average Bonchev–Trinajstić information content (AvgIpc) is 2.78. The summed E-state index contributed by atoms with van der Waals surface area (Å²) in [7, 11) is -1.79. The summed E-state index contributed by atoms with van der Waals surface area (Å²) >= 11 is 0. The lowest BCUT2D eigenvalue weighted by atomic mass is 9.73. The van der Waals surface area contributed by atoms with Gasteiger partial charge in [-0.3, -0.25) is 4.79 Å². The molecule has 0 radical (unpaired) electrons. The largest absolute Gasteiger partial charge is 0.465 e. The van der Waals surface area contributed by atoms with Crippen molar-refractivity contribution in [2.24, 2.45) is 5.41 Å². The number of carbonyl (C=O) groups is 1. The molecule has 3 nitrogen and oxygen atoms in total. The Hall–Kier alpha value is -2.04. The summed E-state index contributed by atoms with van der Waals surface area (Å²) in [5.74, 6) is -0.149. The molecular formula is C27H36O3S. The molecule has 0 heterocycles. The van der Waals surface area contributed by atoms with Crippen LogP contribution in [0.25, 0.3) is 0 Å². The molecule has 0 saturated heterocycles. The first kappa shape index (κ1) is 23.6. The van der Waals surface area contributed by atoms with Crippen molar-refractivity contribution in [3.8, 4) is 0 Å². The van der Waals surface area contributed by atoms with E-state index in [1.807, 2.05) is 6.92 Å². The van der Waals surface area contributed by atoms with Crippen LogP contribution in [0, 0.1) is 5.41 Å². The first-order valence-electron chi connectivity index (χ1n) is 11.2. The Morgan fingerprint density at radius 1 is 1.03 bits per heavy atom. The van der Waals surface area contributed by atoms with Crippen LogP contribution in [0.3, 0.4) is 0 Å². The molecule has 0 aromatic heterocycles. The average molecular weight is 441 g/mol. The van der Waals surface area contributed by atoms with Crippen molar-refractivity contribution >= 4 is 16.3 Å². The third-order valence-corrected chi connectivity index (χ3v) is 10.3. The number of hydrogen-bond acceptors (Lipinski definition) is 3. The lowest BCUT2D eigenvalue weighted by molar-refractivity contribution is -0.154. The summed E-state index contributed by atoms with van der Waals surface area (Å²) in [6, 6.07) is 21.3. The van der Waals surface area contributed by atoms with Gasteiger partial charge >= 0.3 is 5.97 Å². The van der Waals surface area contributed by atoms with E-state index >= 15 is 0 Å². The smallest absolute Gasteiger partial charge is 0.315 e. The third kappa shape index (κ3) is 4.61. The Morgan fingerprint density at radius 3 is 1.90 bits per heavy atom. The third-order valence-electron chi connectivity index (χ3n) is 6.19. The quantitative estimate of drug-likeness (QED) is 0.334. The van der Waals surface area contributed by atoms with E-state index in [-0.39, 0.29) is 16.8 Å². The zero-order valence-corrected chi connectivity index (χ0v) is 20.1. The van der Waals surface area contributed by atoms with Crippen molar-refractivity contribution < 1.29 is 13.7 Å². The molecule has 2 aromatic rings. The molecule has 4 heteroatoms. The van der Waals surface area contributed by atoms with Gasteiger partial charge in [-0.2, -0.15) is 0 Å². The summed E-state index contributed by atoms with van der Waals surface area (Å²) in [5.41, 5.74) is -0.588. The van der Waals surface area contributed by atoms with Crippen molar-refractivity contribution in [3.63, 3.8) is 0 Å². The fourth-order valence-electron chi connectivity index (χ4n) is 4.50. The van der Waals surface area contributed by atoms with Gasteiger partial charge < -0.3 is 8.92 Å². The van der Waals surface area contributed by atoms with Crippen molar-refractivity contribution in [2.75, 3.05) is 6.61 Å². The molecule has 1 fully saturated rings. The van der Waals surface area contributed by atoms with Gasteiger partial charge in [0.05, 0.1) is 18.1 Å². The van der Waals surface area contributed by atoms with E-state index in [1.54, 1.807) is 6.08 Å². The number of carbonyl (C=O) groups excluding carboxylic acids is 1. The summed E-state index contributed by atoms with van der Waals surface area (Å²) < 4.78 is 12.4. The maximum absolute atomic E-state index is 12.6. The van der Waals surface area contributed by atoms with Crippen molar-refractivity contribution in [3.05, 3.63) is 73.3 Å². The Labute approximate surface area is 189 Å². The molecule has 1 aliphatic carbocycles. The van der Waals surface area contributed by atoms with Crippen LogP contribution >= 0.6 is 10.3 Å². The second-order valence-electron chi connectivity index (χ2n) is 9.17. The Bertz CT molecular complexity index is 823. The molecule has 0 bridgehead atoms. The Kier molecular flexibility index (Phi) is 7.33. The van der Waals surface area contributed by atoms with Crippen LogP contribution in [0.1, 0.15) is 53.4 Å². The van der Waals surface area contributed by atoms with Crippen LogP contribution in [0.15, 0.2) is 83.1 Å². The van der Waals surface area contributed by atoms with Gasteiger partial charge in [-0.25, -0.2) is 0 Å². The lowest BCUT2D eigenvalue weighted by Crippen LogP contribution is -2.39. The van der Waals surface area contributed by atoms with Gasteiger partial charge in [-0.15, -0.1) is 6.58 Å². The molecular weight excluding hydrogens is 404 g/mol. The van der Waals surface area contributed by atoms with Gasteiger partial charge in [-0.05, 0) is 77.6 Å². The van der Waals surface area contributed by atoms with Crippen LogP contribution in [0.5, 0.6) is 0 Å². The fraction of sp³-hybridized carbons (Fsp3) is 0.444. The molecule has 2 aromatic carbocycles. The SMILES string of the molecule is C=CC1(C(=O)OCC)CCC(OS(c2ccccc2)(c2ccccc2)C(C)(C)C)CC1. The van der Waals surface area contributed by atoms with Gasteiger partial charge in [0, 0.05) is 14.5 Å². The second-order valence-corrected chi connectivity index (χ2v) is 12.6. The molecule has 0 atom stereocenters. The van der Waals surface area contributed by atoms with E-state index in [2.05, 4.69) is 88.0 Å². The van der Waals surface area contributed by atoms with Crippen LogP contribution < -0.4 is 0 Å². The first-order chi connectivity index (χ1) is 14.8. The van der Waals surface area contributed by atoms with Gasteiger partial charge in [0.15, 0.2) is 0 Å². The minimum absolute atomic E-state index is 0.0807. The second kappa shape index (κ2) is 9.62. The monoisotopic (exact) mass is 440 g/mol. The topological polar surface area (TPSA) is 35.5 Å². The molecule has 0 N–H and O–H groups in total. The zero-order valence-electron chi connectivity index (χ0n) is 19.3. The zero-order chi connectivity index (χ0) is 22.5. The standard InChI is InChI=1S/C27H36O3S/c1-6-27(25(28)29-7-2)20-18-22(19-21-27)30-31(26(3,4)5,23-14-10-8-11-15-23)24-16-12-9-13-17-24/h6,8-17,22H,1,7,18-21H2,2-5H3. The maximum atomic E-state index is 12.6. The lowest BCUT2D eigenvalue weighted by Gasteiger charge is -2.53. The first-order valence-corrected chi connectivity index (χ1v) is 12.8. The predicted octanol–water partition coefficient (Wildman–Crippen LogP) is 7.32. The maximum Gasteiger partial charge on any atom is 0.315 e. The van der Waals surface area contributed by atoms with E-state index in [9.17, 15) is 4.79 Å². The molecule has 0 spiro atoms. The highest BCUT2D eigenvalue weighted by Crippen LogP contribution is 2.72. The minimum atomic E-state index is -1.79. The van der Waals surface area contributed by atoms with E-state index < -0.39 is 15.7 Å². The fourth-order valence-corrected chi connectivity index (χ4v) is 8.37. The highest BCUT2D eigenvalue weighted by atomic mass is 32.3. The Morgan fingerprint density at radius 2 is 1.52 bits per heavy atom. The van der Waals surface area contributed by atoms with Crippen LogP contribution in [-0.2, 0) is 13.7 Å². The Balaban J connectivity index is 1.96. The molecule has 1 aliphatic rings. The van der Waals surface area contributed by atoms with E-state index in [1.165, 1.54) is 9.79 Å². The number of ether oxygens (including phenoxy) is 1. The molecule has 1 saturated carbocycles. The van der Waals surface area contributed by atoms with Crippen LogP contribution in [-0.4, -0.2) is 23.4 Å². The molecule has 168 valence electrons. The highest BCUT2D eigenvalue weighted by molar-refractivity contribution is 8.31. The predicted molar refractivity (Wildman–Crippen MR) is 129 cm³/mol. The van der Waals surface area contributed by atoms with Crippen LogP contribution in [0.2, 0.25) is 0 Å². The van der Waals surface area contributed by atoms with E-state index in [0.717, 1.165) is 12.8 Å². The molecule has 0 unspecified atom stereocenters. The number of rotatable bonds is 7. The van der Waals surface area contributed by atoms with Gasteiger partial charge in [-0.1, -0.05) is 52.8 Å². The number of esters is 1. The normalized spacial score (nSPS) is 22.5. The van der Waals surface area contributed by atoms with Crippen molar-refractivity contribution in [1.82, 2.24) is 0 Å². The van der Waals surface area contributed by atoms with Gasteiger partial charge in [0.25, 0.3) is 0 Å². The molecule has 0 aliphatic heterocycles. The van der Waals surface area contributed by atoms with Crippen molar-refractivity contribution in [2.45, 2.75) is 74.0 Å². The van der Waals surface area contributed by atoms with Gasteiger partial charge in [0.2, 0.25) is 0 Å². The summed E-state index contributed by atoms with van der Waals surface area (Å²) in [6.07, 6.45) is 4.92. The summed E-state index contributed by atoms with van der Waals surface area (Å²) in [4.78, 5) is 15.1. The molecule has 3 rings (SSSR count). The van der Waals surface area contributed by atoms with E-state index in [0.29, 0.717) is 19.4 Å². The van der Waals surface area contributed by atoms with E-state index in [4.69, 9.17) is 8.92 Å². The highest BCUT2D eigenvalue weighted by Gasteiger charge is 2.46. The van der Waals surface area contributed by atoms with Gasteiger partial charge in [0.1, 0.15) is 0 Å². The summed E-state index contributed by atoms with van der Waals surface area (Å²) in [5, 5.41) is 0.